The van der Waals surface area contributed by atoms with Crippen LogP contribution in [0.1, 0.15) is 38.2 Å². The van der Waals surface area contributed by atoms with E-state index in [1.165, 1.54) is 6.07 Å². The van der Waals surface area contributed by atoms with Gasteiger partial charge in [0, 0.05) is 42.8 Å². The Morgan fingerprint density at radius 3 is 2.88 bits per heavy atom. The molecule has 228 valence electrons. The van der Waals surface area contributed by atoms with Crippen molar-refractivity contribution in [1.29, 1.82) is 0 Å². The smallest absolute Gasteiger partial charge is 0.319 e. The van der Waals surface area contributed by atoms with Crippen LogP contribution in [-0.4, -0.2) is 89.1 Å². The third-order valence-corrected chi connectivity index (χ3v) is 10.4. The molecule has 5 aliphatic rings. The molecule has 0 radical (unpaired) electrons. The number of aryl methyl sites for hydroxylation is 1. The molecule has 10 nitrogen and oxygen atoms in total. The molecule has 0 spiro atoms. The number of hydrogen-bond acceptors (Lipinski definition) is 10. The summed E-state index contributed by atoms with van der Waals surface area (Å²) in [6.07, 6.45) is 3.74. The van der Waals surface area contributed by atoms with Crippen LogP contribution in [0.5, 0.6) is 11.9 Å². The quantitative estimate of drug-likeness (QED) is 0.421. The van der Waals surface area contributed by atoms with E-state index >= 15 is 8.78 Å². The first-order valence-corrected chi connectivity index (χ1v) is 15.5. The maximum atomic E-state index is 16.6. The van der Waals surface area contributed by atoms with Crippen molar-refractivity contribution in [3.8, 4) is 23.1 Å². The Kier molecular flexibility index (Phi) is 6.55. The lowest BCUT2D eigenvalue weighted by atomic mass is 9.99. The van der Waals surface area contributed by atoms with Crippen LogP contribution in [0.4, 0.5) is 20.3 Å². The molecule has 0 amide bonds. The largest absolute Gasteiger partial charge is 0.472 e. The molecule has 13 heteroatoms. The Balaban J connectivity index is 1.27. The third-order valence-electron chi connectivity index (χ3n) is 9.88. The molecular weight excluding hydrogens is 580 g/mol. The molecule has 4 fully saturated rings. The predicted molar refractivity (Wildman–Crippen MR) is 158 cm³/mol. The summed E-state index contributed by atoms with van der Waals surface area (Å²) in [5.74, 6) is -0.956. The summed E-state index contributed by atoms with van der Waals surface area (Å²) < 4.78 is 50.5. The highest BCUT2D eigenvalue weighted by molar-refractivity contribution is 6.34. The number of nitrogens with zero attached hydrogens (tertiary/aromatic N) is 5. The van der Waals surface area contributed by atoms with Crippen molar-refractivity contribution in [3.05, 3.63) is 28.3 Å². The molecular formula is C30H34ClF2N7O3. The summed E-state index contributed by atoms with van der Waals surface area (Å²) in [5, 5.41) is 4.14. The molecule has 6 atom stereocenters. The SMILES string of the molecule is Cc1cc(-c2nc3c4c(nc(OC[C@@H]5CC[C@H]6COCCN65)nc4c2F)N2C[C@H]4CC[C@H](N4)[C@H]2[C@H](C)O3)c(F)c(N)c1Cl. The van der Waals surface area contributed by atoms with Crippen LogP contribution in [0, 0.1) is 18.6 Å². The minimum Gasteiger partial charge on any atom is -0.472 e. The van der Waals surface area contributed by atoms with E-state index in [1.807, 2.05) is 6.92 Å². The number of halogens is 3. The molecule has 4 saturated heterocycles. The Labute approximate surface area is 252 Å². The number of nitrogen functional groups attached to an aromatic ring is 1. The molecule has 5 aliphatic heterocycles. The number of rotatable bonds is 4. The van der Waals surface area contributed by atoms with Gasteiger partial charge < -0.3 is 30.2 Å². The Morgan fingerprint density at radius 2 is 2.02 bits per heavy atom. The number of anilines is 2. The Hall–Kier alpha value is -3.06. The van der Waals surface area contributed by atoms with Gasteiger partial charge in [0.2, 0.25) is 5.88 Å². The molecule has 0 unspecified atom stereocenters. The maximum absolute atomic E-state index is 16.6. The van der Waals surface area contributed by atoms with E-state index in [2.05, 4.69) is 25.1 Å². The van der Waals surface area contributed by atoms with E-state index in [0.29, 0.717) is 42.6 Å². The van der Waals surface area contributed by atoms with Crippen molar-refractivity contribution in [2.24, 2.45) is 0 Å². The van der Waals surface area contributed by atoms with Crippen molar-refractivity contribution in [1.82, 2.24) is 25.2 Å². The fraction of sp³-hybridized carbons (Fsp3) is 0.567. The van der Waals surface area contributed by atoms with Gasteiger partial charge in [-0.1, -0.05) is 11.6 Å². The minimum atomic E-state index is -0.846. The number of piperazine rings is 1. The highest BCUT2D eigenvalue weighted by atomic mass is 35.5. The van der Waals surface area contributed by atoms with E-state index in [-0.39, 0.29) is 69.6 Å². The van der Waals surface area contributed by atoms with Crippen molar-refractivity contribution in [2.75, 3.05) is 43.5 Å². The second kappa shape index (κ2) is 10.3. The van der Waals surface area contributed by atoms with Crippen LogP contribution >= 0.6 is 11.6 Å². The molecule has 43 heavy (non-hydrogen) atoms. The average Bonchev–Trinajstić information content (AvgIpc) is 3.57. The lowest BCUT2D eigenvalue weighted by molar-refractivity contribution is -0.0101. The van der Waals surface area contributed by atoms with Gasteiger partial charge in [0.05, 0.1) is 30.0 Å². The Morgan fingerprint density at radius 1 is 1.16 bits per heavy atom. The van der Waals surface area contributed by atoms with Crippen LogP contribution in [0.25, 0.3) is 22.2 Å². The van der Waals surface area contributed by atoms with Crippen molar-refractivity contribution < 1.29 is 23.0 Å². The zero-order valence-corrected chi connectivity index (χ0v) is 24.8. The molecule has 0 aliphatic carbocycles. The average molecular weight is 614 g/mol. The van der Waals surface area contributed by atoms with Crippen molar-refractivity contribution in [3.63, 3.8) is 0 Å². The second-order valence-corrected chi connectivity index (χ2v) is 12.8. The Bertz CT molecular complexity index is 1630. The molecule has 2 bridgehead atoms. The van der Waals surface area contributed by atoms with E-state index in [0.717, 1.165) is 38.8 Å². The van der Waals surface area contributed by atoms with Gasteiger partial charge in [0.15, 0.2) is 11.6 Å². The summed E-state index contributed by atoms with van der Waals surface area (Å²) in [7, 11) is 0. The van der Waals surface area contributed by atoms with Gasteiger partial charge in [0.1, 0.15) is 35.1 Å². The molecule has 7 heterocycles. The number of aromatic nitrogens is 3. The molecule has 3 aromatic rings. The number of nitrogens with two attached hydrogens (primary N) is 1. The summed E-state index contributed by atoms with van der Waals surface area (Å²) in [6.45, 7) is 7.00. The molecule has 1 aromatic carbocycles. The first-order valence-electron chi connectivity index (χ1n) is 15.1. The lowest BCUT2D eigenvalue weighted by Crippen LogP contribution is -2.62. The number of nitrogens with one attached hydrogen (secondary N) is 1. The monoisotopic (exact) mass is 613 g/mol. The fourth-order valence-corrected chi connectivity index (χ4v) is 7.94. The normalized spacial score (nSPS) is 29.7. The summed E-state index contributed by atoms with van der Waals surface area (Å²) in [4.78, 5) is 18.7. The summed E-state index contributed by atoms with van der Waals surface area (Å²) >= 11 is 6.20. The van der Waals surface area contributed by atoms with Crippen molar-refractivity contribution in [2.45, 2.75) is 75.8 Å². The highest BCUT2D eigenvalue weighted by Crippen LogP contribution is 2.45. The number of pyridine rings is 1. The van der Waals surface area contributed by atoms with Gasteiger partial charge in [-0.15, -0.1) is 0 Å². The first kappa shape index (κ1) is 27.5. The highest BCUT2D eigenvalue weighted by Gasteiger charge is 2.47. The number of benzene rings is 1. The standard InChI is InChI=1S/C30H34ClF2N7O3/c1-13-9-18(22(32)24(34)21(13)31)25-23(33)26-20-28(38-30(37-26)42-12-17-5-4-16-11-41-8-7-39(16)17)40-10-15-3-6-19(35-15)27(40)14(2)43-29(20)36-25/h9,14-17,19,27,35H,3-8,10-12,34H2,1-2H3/t14-,15+,16-,17-,19-,27+/m0/s1. The second-order valence-electron chi connectivity index (χ2n) is 12.4. The first-order chi connectivity index (χ1) is 20.8. The summed E-state index contributed by atoms with van der Waals surface area (Å²) in [6, 6.07) is 2.50. The predicted octanol–water partition coefficient (Wildman–Crippen LogP) is 3.85. The number of morpholine rings is 1. The van der Waals surface area contributed by atoms with Gasteiger partial charge >= 0.3 is 6.01 Å². The molecule has 8 rings (SSSR count). The topological polar surface area (TPSA) is 111 Å². The molecule has 3 N–H and O–H groups in total. The van der Waals surface area contributed by atoms with E-state index in [9.17, 15) is 0 Å². The number of hydrogen-bond donors (Lipinski definition) is 2. The van der Waals surface area contributed by atoms with Crippen molar-refractivity contribution >= 4 is 34.0 Å². The van der Waals surface area contributed by atoms with Crippen LogP contribution in [-0.2, 0) is 4.74 Å². The van der Waals surface area contributed by atoms with Gasteiger partial charge in [-0.05, 0) is 51.2 Å². The van der Waals surface area contributed by atoms with Gasteiger partial charge in [0.25, 0.3) is 0 Å². The van der Waals surface area contributed by atoms with Crippen LogP contribution < -0.4 is 25.4 Å². The van der Waals surface area contributed by atoms with Crippen LogP contribution in [0.2, 0.25) is 5.02 Å². The van der Waals surface area contributed by atoms with E-state index in [1.54, 1.807) is 6.92 Å². The minimum absolute atomic E-state index is 0.0278. The van der Waals surface area contributed by atoms with Gasteiger partial charge in [-0.3, -0.25) is 4.90 Å². The van der Waals surface area contributed by atoms with E-state index in [4.69, 9.17) is 36.5 Å². The molecule has 2 aromatic heterocycles. The van der Waals surface area contributed by atoms with Gasteiger partial charge in [-0.25, -0.2) is 13.8 Å². The third kappa shape index (κ3) is 4.32. The number of ether oxygens (including phenoxy) is 3. The van der Waals surface area contributed by atoms with Crippen LogP contribution in [0.15, 0.2) is 6.07 Å². The zero-order chi connectivity index (χ0) is 29.6. The fourth-order valence-electron chi connectivity index (χ4n) is 7.80. The zero-order valence-electron chi connectivity index (χ0n) is 24.1. The lowest BCUT2D eigenvalue weighted by Gasteiger charge is -2.42. The molecule has 0 saturated carbocycles. The summed E-state index contributed by atoms with van der Waals surface area (Å²) in [5.41, 5.74) is 5.81. The maximum Gasteiger partial charge on any atom is 0.319 e. The van der Waals surface area contributed by atoms with Gasteiger partial charge in [-0.2, -0.15) is 9.97 Å². The van der Waals surface area contributed by atoms with Crippen LogP contribution in [0.3, 0.4) is 0 Å². The van der Waals surface area contributed by atoms with E-state index < -0.39 is 11.6 Å². The number of fused-ring (bicyclic) bond motifs is 6.